The molecule has 21 heavy (non-hydrogen) atoms. The van der Waals surface area contributed by atoms with E-state index in [-0.39, 0.29) is 6.61 Å². The van der Waals surface area contributed by atoms with Gasteiger partial charge in [-0.05, 0) is 22.6 Å². The van der Waals surface area contributed by atoms with Gasteiger partial charge in [-0.1, -0.05) is 29.4 Å². The van der Waals surface area contributed by atoms with Gasteiger partial charge in [0, 0.05) is 16.7 Å². The van der Waals surface area contributed by atoms with E-state index < -0.39 is 0 Å². The second-order valence-electron chi connectivity index (χ2n) is 4.49. The molecule has 6 heteroatoms. The highest BCUT2D eigenvalue weighted by atomic mass is 32.2. The summed E-state index contributed by atoms with van der Waals surface area (Å²) in [5.41, 5.74) is 3.15. The second kappa shape index (κ2) is 6.89. The summed E-state index contributed by atoms with van der Waals surface area (Å²) < 4.78 is 5.25. The molecule has 0 saturated carbocycles. The molecule has 0 spiro atoms. The lowest BCUT2D eigenvalue weighted by Crippen LogP contribution is -1.86. The van der Waals surface area contributed by atoms with Crippen LogP contribution in [0.15, 0.2) is 45.6 Å². The van der Waals surface area contributed by atoms with Crippen LogP contribution < -0.4 is 0 Å². The predicted molar refractivity (Wildman–Crippen MR) is 85.0 cm³/mol. The van der Waals surface area contributed by atoms with E-state index in [0.29, 0.717) is 17.5 Å². The van der Waals surface area contributed by atoms with Gasteiger partial charge < -0.3 is 9.63 Å². The molecule has 4 nitrogen and oxygen atoms in total. The number of benzene rings is 1. The van der Waals surface area contributed by atoms with Crippen LogP contribution in [0, 0.1) is 0 Å². The van der Waals surface area contributed by atoms with Crippen LogP contribution in [0.4, 0.5) is 0 Å². The molecule has 2 aromatic heterocycles. The van der Waals surface area contributed by atoms with Gasteiger partial charge in [0.15, 0.2) is 0 Å². The van der Waals surface area contributed by atoms with Crippen LogP contribution >= 0.6 is 23.1 Å². The molecule has 0 unspecified atom stereocenters. The van der Waals surface area contributed by atoms with Crippen LogP contribution in [0.25, 0.3) is 11.4 Å². The number of aromatic nitrogens is 2. The minimum Gasteiger partial charge on any atom is -0.392 e. The molecule has 108 valence electrons. The van der Waals surface area contributed by atoms with Crippen LogP contribution in [0.2, 0.25) is 0 Å². The molecule has 1 N–H and O–H groups in total. The fraction of sp³-hybridized carbons (Fsp3) is 0.200. The monoisotopic (exact) mass is 318 g/mol. The number of nitrogens with zero attached hydrogens (tertiary/aromatic N) is 2. The highest BCUT2D eigenvalue weighted by Crippen LogP contribution is 2.22. The number of hydrogen-bond acceptors (Lipinski definition) is 6. The Morgan fingerprint density at radius 2 is 1.90 bits per heavy atom. The number of rotatable bonds is 6. The van der Waals surface area contributed by atoms with E-state index in [9.17, 15) is 0 Å². The molecule has 0 aliphatic heterocycles. The van der Waals surface area contributed by atoms with E-state index >= 15 is 0 Å². The third-order valence-corrected chi connectivity index (χ3v) is 4.62. The van der Waals surface area contributed by atoms with Crippen molar-refractivity contribution in [1.29, 1.82) is 0 Å². The second-order valence-corrected chi connectivity index (χ2v) is 6.26. The molecular formula is C15H14N2O2S2. The molecule has 0 amide bonds. The summed E-state index contributed by atoms with van der Waals surface area (Å²) in [6.07, 6.45) is 0. The van der Waals surface area contributed by atoms with E-state index in [4.69, 9.17) is 9.63 Å². The van der Waals surface area contributed by atoms with Gasteiger partial charge in [0.1, 0.15) is 0 Å². The summed E-state index contributed by atoms with van der Waals surface area (Å²) in [7, 11) is 0. The third-order valence-electron chi connectivity index (χ3n) is 2.95. The normalized spacial score (nSPS) is 10.9. The first-order valence-electron chi connectivity index (χ1n) is 6.47. The van der Waals surface area contributed by atoms with Crippen LogP contribution in [0.1, 0.15) is 17.0 Å². The fourth-order valence-corrected chi connectivity index (χ4v) is 3.28. The molecule has 3 rings (SSSR count). The SMILES string of the molecule is OCc1ccc(CSCc2nc(-c3ccsc3)no2)cc1. The van der Waals surface area contributed by atoms with Gasteiger partial charge in [0.05, 0.1) is 12.4 Å². The van der Waals surface area contributed by atoms with Gasteiger partial charge in [0.2, 0.25) is 11.7 Å². The Morgan fingerprint density at radius 1 is 1.10 bits per heavy atom. The summed E-state index contributed by atoms with van der Waals surface area (Å²) in [4.78, 5) is 4.39. The molecule has 0 atom stereocenters. The van der Waals surface area contributed by atoms with E-state index in [1.54, 1.807) is 23.1 Å². The number of aliphatic hydroxyl groups is 1. The maximum atomic E-state index is 9.00. The van der Waals surface area contributed by atoms with Crippen molar-refractivity contribution in [3.63, 3.8) is 0 Å². The van der Waals surface area contributed by atoms with E-state index in [1.165, 1.54) is 5.56 Å². The molecular weight excluding hydrogens is 304 g/mol. The van der Waals surface area contributed by atoms with Gasteiger partial charge >= 0.3 is 0 Å². The summed E-state index contributed by atoms with van der Waals surface area (Å²) in [6, 6.07) is 9.93. The summed E-state index contributed by atoms with van der Waals surface area (Å²) in [6.45, 7) is 0.0841. The predicted octanol–water partition coefficient (Wildman–Crippen LogP) is 3.72. The lowest BCUT2D eigenvalue weighted by atomic mass is 10.2. The summed E-state index contributed by atoms with van der Waals surface area (Å²) >= 11 is 3.34. The zero-order chi connectivity index (χ0) is 14.5. The van der Waals surface area contributed by atoms with Gasteiger partial charge in [0.25, 0.3) is 0 Å². The van der Waals surface area contributed by atoms with E-state index in [1.807, 2.05) is 41.1 Å². The Morgan fingerprint density at radius 3 is 2.62 bits per heavy atom. The van der Waals surface area contributed by atoms with Crippen LogP contribution in [-0.4, -0.2) is 15.2 Å². The third kappa shape index (κ3) is 3.72. The zero-order valence-electron chi connectivity index (χ0n) is 11.2. The Labute approximate surface area is 130 Å². The molecule has 1 aromatic carbocycles. The van der Waals surface area contributed by atoms with Crippen molar-refractivity contribution < 1.29 is 9.63 Å². The van der Waals surface area contributed by atoms with Crippen LogP contribution in [0.3, 0.4) is 0 Å². The minimum absolute atomic E-state index is 0.0841. The smallest absolute Gasteiger partial charge is 0.236 e. The number of thiophene rings is 1. The number of aliphatic hydroxyl groups excluding tert-OH is 1. The van der Waals surface area contributed by atoms with Crippen molar-refractivity contribution in [2.75, 3.05) is 0 Å². The lowest BCUT2D eigenvalue weighted by Gasteiger charge is -2.01. The Bertz CT molecular complexity index is 678. The van der Waals surface area contributed by atoms with Crippen molar-refractivity contribution in [3.8, 4) is 11.4 Å². The highest BCUT2D eigenvalue weighted by Gasteiger charge is 2.08. The first-order chi connectivity index (χ1) is 10.3. The molecule has 2 heterocycles. The van der Waals surface area contributed by atoms with Crippen molar-refractivity contribution in [3.05, 3.63) is 58.1 Å². The van der Waals surface area contributed by atoms with E-state index in [0.717, 1.165) is 16.9 Å². The first-order valence-corrected chi connectivity index (χ1v) is 8.56. The van der Waals surface area contributed by atoms with Crippen molar-refractivity contribution in [1.82, 2.24) is 10.1 Å². The molecule has 0 radical (unpaired) electrons. The highest BCUT2D eigenvalue weighted by molar-refractivity contribution is 7.97. The first kappa shape index (κ1) is 14.3. The maximum Gasteiger partial charge on any atom is 0.236 e. The molecule has 3 aromatic rings. The average Bonchev–Trinajstić information content (AvgIpc) is 3.19. The maximum absolute atomic E-state index is 9.00. The molecule has 0 aliphatic carbocycles. The van der Waals surface area contributed by atoms with Crippen LogP contribution in [-0.2, 0) is 18.1 Å². The number of thioether (sulfide) groups is 1. The van der Waals surface area contributed by atoms with Gasteiger partial charge in [-0.2, -0.15) is 16.3 Å². The quantitative estimate of drug-likeness (QED) is 0.750. The lowest BCUT2D eigenvalue weighted by molar-refractivity contribution is 0.282. The Hall–Kier alpha value is -1.63. The summed E-state index contributed by atoms with van der Waals surface area (Å²) in [5.74, 6) is 2.87. The van der Waals surface area contributed by atoms with E-state index in [2.05, 4.69) is 10.1 Å². The largest absolute Gasteiger partial charge is 0.392 e. The van der Waals surface area contributed by atoms with Crippen molar-refractivity contribution in [2.45, 2.75) is 18.1 Å². The Kier molecular flexibility index (Phi) is 4.69. The Balaban J connectivity index is 1.53. The average molecular weight is 318 g/mol. The van der Waals surface area contributed by atoms with Crippen LogP contribution in [0.5, 0.6) is 0 Å². The molecule has 0 aliphatic rings. The standard InChI is InChI=1S/C15H14N2O2S2/c18-7-11-1-3-12(4-2-11)8-21-10-14-16-15(17-19-14)13-5-6-20-9-13/h1-6,9,18H,7-8,10H2. The van der Waals surface area contributed by atoms with Crippen molar-refractivity contribution >= 4 is 23.1 Å². The minimum atomic E-state index is 0.0841. The fourth-order valence-electron chi connectivity index (χ4n) is 1.82. The van der Waals surface area contributed by atoms with Gasteiger partial charge in [-0.25, -0.2) is 0 Å². The van der Waals surface area contributed by atoms with Gasteiger partial charge in [-0.15, -0.1) is 11.8 Å². The topological polar surface area (TPSA) is 59.2 Å². The van der Waals surface area contributed by atoms with Gasteiger partial charge in [-0.3, -0.25) is 0 Å². The molecule has 0 fully saturated rings. The van der Waals surface area contributed by atoms with Crippen molar-refractivity contribution in [2.24, 2.45) is 0 Å². The molecule has 0 bridgehead atoms. The molecule has 0 saturated heterocycles. The zero-order valence-corrected chi connectivity index (χ0v) is 12.9. The summed E-state index contributed by atoms with van der Waals surface area (Å²) in [5, 5.41) is 17.0. The number of hydrogen-bond donors (Lipinski definition) is 1.